The summed E-state index contributed by atoms with van der Waals surface area (Å²) in [4.78, 5) is 13.3. The molecule has 2 heterocycles. The normalized spacial score (nSPS) is 10.6. The molecule has 0 aliphatic heterocycles. The van der Waals surface area contributed by atoms with Gasteiger partial charge in [0.2, 0.25) is 0 Å². The minimum Gasteiger partial charge on any atom is -0.373 e. The molecule has 0 radical (unpaired) electrons. The number of anilines is 1. The average molecular weight is 250 g/mol. The molecule has 19 heavy (non-hydrogen) atoms. The van der Waals surface area contributed by atoms with Gasteiger partial charge in [-0.1, -0.05) is 11.6 Å². The molecule has 4 heteroatoms. The highest BCUT2D eigenvalue weighted by Gasteiger charge is 2.08. The molecule has 0 saturated carbocycles. The SMILES string of the molecule is CNc1nc(-c2cccnc2)nc2ccc(C)cc12. The minimum absolute atomic E-state index is 0.689. The first-order valence-electron chi connectivity index (χ1n) is 6.14. The number of hydrogen-bond acceptors (Lipinski definition) is 4. The Morgan fingerprint density at radius 3 is 2.74 bits per heavy atom. The second kappa shape index (κ2) is 4.65. The summed E-state index contributed by atoms with van der Waals surface area (Å²) in [6.45, 7) is 2.06. The van der Waals surface area contributed by atoms with Crippen LogP contribution in [0.2, 0.25) is 0 Å². The van der Waals surface area contributed by atoms with Crippen LogP contribution in [0.5, 0.6) is 0 Å². The van der Waals surface area contributed by atoms with Crippen molar-refractivity contribution in [3.63, 3.8) is 0 Å². The number of rotatable bonds is 2. The number of nitrogens with one attached hydrogen (secondary N) is 1. The van der Waals surface area contributed by atoms with Gasteiger partial charge in [0.15, 0.2) is 5.82 Å². The van der Waals surface area contributed by atoms with Crippen LogP contribution in [0.1, 0.15) is 5.56 Å². The Kier molecular flexibility index (Phi) is 2.83. The molecular weight excluding hydrogens is 236 g/mol. The molecular formula is C15H14N4. The summed E-state index contributed by atoms with van der Waals surface area (Å²) in [7, 11) is 1.87. The van der Waals surface area contributed by atoms with Crippen molar-refractivity contribution in [3.05, 3.63) is 48.3 Å². The van der Waals surface area contributed by atoms with Gasteiger partial charge in [0.25, 0.3) is 0 Å². The Morgan fingerprint density at radius 1 is 1.11 bits per heavy atom. The largest absolute Gasteiger partial charge is 0.373 e. The Morgan fingerprint density at radius 2 is 2.00 bits per heavy atom. The molecule has 0 saturated heterocycles. The highest BCUT2D eigenvalue weighted by molar-refractivity contribution is 5.91. The number of aromatic nitrogens is 3. The fraction of sp³-hybridized carbons (Fsp3) is 0.133. The number of pyridine rings is 1. The first-order chi connectivity index (χ1) is 9.28. The predicted octanol–water partition coefficient (Wildman–Crippen LogP) is 3.04. The van der Waals surface area contributed by atoms with Crippen LogP contribution in [0.3, 0.4) is 0 Å². The average Bonchev–Trinajstić information content (AvgIpc) is 2.47. The van der Waals surface area contributed by atoms with Gasteiger partial charge in [0.05, 0.1) is 5.52 Å². The second-order valence-corrected chi connectivity index (χ2v) is 4.41. The first kappa shape index (κ1) is 11.6. The van der Waals surface area contributed by atoms with Crippen molar-refractivity contribution >= 4 is 16.7 Å². The van der Waals surface area contributed by atoms with Gasteiger partial charge in [0, 0.05) is 30.4 Å². The van der Waals surface area contributed by atoms with Gasteiger partial charge in [-0.15, -0.1) is 0 Å². The first-order valence-corrected chi connectivity index (χ1v) is 6.14. The van der Waals surface area contributed by atoms with E-state index in [1.54, 1.807) is 12.4 Å². The Hall–Kier alpha value is -2.49. The summed E-state index contributed by atoms with van der Waals surface area (Å²) in [6, 6.07) is 10.0. The Labute approximate surface area is 111 Å². The topological polar surface area (TPSA) is 50.7 Å². The number of aryl methyl sites for hydroxylation is 1. The fourth-order valence-electron chi connectivity index (χ4n) is 2.06. The Bertz CT molecular complexity index is 723. The third-order valence-electron chi connectivity index (χ3n) is 3.01. The van der Waals surface area contributed by atoms with Crippen LogP contribution >= 0.6 is 0 Å². The molecule has 3 rings (SSSR count). The lowest BCUT2D eigenvalue weighted by atomic mass is 10.1. The molecule has 0 bridgehead atoms. The van der Waals surface area contributed by atoms with E-state index < -0.39 is 0 Å². The number of benzene rings is 1. The molecule has 0 spiro atoms. The van der Waals surface area contributed by atoms with Crippen molar-refractivity contribution in [3.8, 4) is 11.4 Å². The van der Waals surface area contributed by atoms with Gasteiger partial charge >= 0.3 is 0 Å². The maximum atomic E-state index is 4.60. The van der Waals surface area contributed by atoms with Crippen molar-refractivity contribution in [2.24, 2.45) is 0 Å². The van der Waals surface area contributed by atoms with Gasteiger partial charge in [0.1, 0.15) is 5.82 Å². The lowest BCUT2D eigenvalue weighted by Crippen LogP contribution is -1.99. The van der Waals surface area contributed by atoms with Crippen LogP contribution in [-0.4, -0.2) is 22.0 Å². The van der Waals surface area contributed by atoms with E-state index >= 15 is 0 Å². The highest BCUT2D eigenvalue weighted by Crippen LogP contribution is 2.25. The van der Waals surface area contributed by atoms with Crippen molar-refractivity contribution < 1.29 is 0 Å². The molecule has 1 aromatic carbocycles. The molecule has 0 unspecified atom stereocenters. The van der Waals surface area contributed by atoms with E-state index in [0.717, 1.165) is 22.3 Å². The standard InChI is InChI=1S/C15H14N4/c1-10-5-6-13-12(8-10)15(16-2)19-14(18-13)11-4-3-7-17-9-11/h3-9H,1-2H3,(H,16,18,19). The molecule has 0 fully saturated rings. The molecule has 0 aliphatic carbocycles. The van der Waals surface area contributed by atoms with Crippen molar-refractivity contribution in [1.29, 1.82) is 0 Å². The third-order valence-corrected chi connectivity index (χ3v) is 3.01. The summed E-state index contributed by atoms with van der Waals surface area (Å²) < 4.78 is 0. The summed E-state index contributed by atoms with van der Waals surface area (Å²) in [6.07, 6.45) is 3.52. The molecule has 4 nitrogen and oxygen atoms in total. The van der Waals surface area contributed by atoms with E-state index in [1.807, 2.05) is 25.2 Å². The minimum atomic E-state index is 0.689. The zero-order valence-corrected chi connectivity index (χ0v) is 10.9. The monoisotopic (exact) mass is 250 g/mol. The molecule has 0 atom stereocenters. The van der Waals surface area contributed by atoms with Crippen LogP contribution in [0.4, 0.5) is 5.82 Å². The van der Waals surface area contributed by atoms with E-state index in [-0.39, 0.29) is 0 Å². The number of nitrogens with zero attached hydrogens (tertiary/aromatic N) is 3. The van der Waals surface area contributed by atoms with Crippen molar-refractivity contribution in [2.75, 3.05) is 12.4 Å². The van der Waals surface area contributed by atoms with E-state index in [9.17, 15) is 0 Å². The predicted molar refractivity (Wildman–Crippen MR) is 77.1 cm³/mol. The summed E-state index contributed by atoms with van der Waals surface area (Å²) >= 11 is 0. The molecule has 3 aromatic rings. The Balaban J connectivity index is 2.26. The fourth-order valence-corrected chi connectivity index (χ4v) is 2.06. The maximum absolute atomic E-state index is 4.60. The molecule has 2 aromatic heterocycles. The van der Waals surface area contributed by atoms with E-state index in [1.165, 1.54) is 5.56 Å². The molecule has 1 N–H and O–H groups in total. The quantitative estimate of drug-likeness (QED) is 0.759. The van der Waals surface area contributed by atoms with Gasteiger partial charge in [-0.25, -0.2) is 9.97 Å². The van der Waals surface area contributed by atoms with Gasteiger partial charge < -0.3 is 5.32 Å². The van der Waals surface area contributed by atoms with Crippen LogP contribution in [-0.2, 0) is 0 Å². The van der Waals surface area contributed by atoms with Crippen LogP contribution < -0.4 is 5.32 Å². The van der Waals surface area contributed by atoms with Gasteiger partial charge in [-0.2, -0.15) is 0 Å². The second-order valence-electron chi connectivity index (χ2n) is 4.41. The van der Waals surface area contributed by atoms with Crippen LogP contribution in [0, 0.1) is 6.92 Å². The molecule has 94 valence electrons. The van der Waals surface area contributed by atoms with Crippen molar-refractivity contribution in [2.45, 2.75) is 6.92 Å². The van der Waals surface area contributed by atoms with Crippen LogP contribution in [0.15, 0.2) is 42.7 Å². The zero-order valence-electron chi connectivity index (χ0n) is 10.9. The zero-order chi connectivity index (χ0) is 13.2. The van der Waals surface area contributed by atoms with Gasteiger partial charge in [-0.3, -0.25) is 4.98 Å². The van der Waals surface area contributed by atoms with Crippen molar-refractivity contribution in [1.82, 2.24) is 15.0 Å². The van der Waals surface area contributed by atoms with E-state index in [0.29, 0.717) is 5.82 Å². The lowest BCUT2D eigenvalue weighted by Gasteiger charge is -2.08. The number of fused-ring (bicyclic) bond motifs is 1. The third kappa shape index (κ3) is 2.12. The van der Waals surface area contributed by atoms with Crippen LogP contribution in [0.25, 0.3) is 22.3 Å². The summed E-state index contributed by atoms with van der Waals surface area (Å²) in [5, 5.41) is 4.17. The maximum Gasteiger partial charge on any atom is 0.163 e. The molecule has 0 aliphatic rings. The summed E-state index contributed by atoms with van der Waals surface area (Å²) in [5.74, 6) is 1.53. The summed E-state index contributed by atoms with van der Waals surface area (Å²) in [5.41, 5.74) is 3.05. The van der Waals surface area contributed by atoms with E-state index in [2.05, 4.69) is 39.3 Å². The van der Waals surface area contributed by atoms with Gasteiger partial charge in [-0.05, 0) is 31.2 Å². The molecule has 0 amide bonds. The van der Waals surface area contributed by atoms with E-state index in [4.69, 9.17) is 0 Å². The highest BCUT2D eigenvalue weighted by atomic mass is 15.0. The smallest absolute Gasteiger partial charge is 0.163 e. The lowest BCUT2D eigenvalue weighted by molar-refractivity contribution is 1.19. The number of hydrogen-bond donors (Lipinski definition) is 1.